The number of para-hydroxylation sites is 1. The average molecular weight is 214 g/mol. The molecule has 0 bridgehead atoms. The van der Waals surface area contributed by atoms with E-state index in [0.717, 1.165) is 16.6 Å². The molecule has 3 rings (SSSR count). The van der Waals surface area contributed by atoms with Gasteiger partial charge in [-0.1, -0.05) is 18.2 Å². The van der Waals surface area contributed by atoms with Gasteiger partial charge in [-0.15, -0.1) is 0 Å². The van der Waals surface area contributed by atoms with E-state index in [-0.39, 0.29) is 0 Å². The van der Waals surface area contributed by atoms with Gasteiger partial charge in [-0.2, -0.15) is 0 Å². The Morgan fingerprint density at radius 1 is 1.31 bits per heavy atom. The van der Waals surface area contributed by atoms with Crippen LogP contribution >= 0.6 is 0 Å². The number of pyridine rings is 1. The van der Waals surface area contributed by atoms with Crippen LogP contribution in [0.5, 0.6) is 0 Å². The molecule has 78 valence electrons. The van der Waals surface area contributed by atoms with E-state index in [1.54, 1.807) is 6.20 Å². The van der Waals surface area contributed by atoms with E-state index < -0.39 is 5.63 Å². The summed E-state index contributed by atoms with van der Waals surface area (Å²) in [5, 5.41) is 3.48. The first-order valence-corrected chi connectivity index (χ1v) is 4.78. The molecule has 0 unspecified atom stereocenters. The number of hydrogen-bond acceptors (Lipinski definition) is 3. The van der Waals surface area contributed by atoms with E-state index >= 15 is 0 Å². The van der Waals surface area contributed by atoms with E-state index in [1.807, 2.05) is 30.3 Å². The lowest BCUT2D eigenvalue weighted by Crippen LogP contribution is -2.32. The standard InChI is InChI=1S/C11H7N3O2/c15-11-7-14(13-16-11)9-5-8-3-1-2-4-10(8)12-6-9/h1-7H/p+1. The van der Waals surface area contributed by atoms with E-state index in [9.17, 15) is 4.79 Å². The maximum Gasteiger partial charge on any atom is 0.427 e. The van der Waals surface area contributed by atoms with Gasteiger partial charge >= 0.3 is 5.63 Å². The van der Waals surface area contributed by atoms with Gasteiger partial charge in [-0.25, -0.2) is 9.78 Å². The van der Waals surface area contributed by atoms with Crippen LogP contribution in [0.2, 0.25) is 0 Å². The third-order valence-corrected chi connectivity index (χ3v) is 2.33. The molecule has 0 aliphatic carbocycles. The van der Waals surface area contributed by atoms with Crippen molar-refractivity contribution in [3.05, 3.63) is 53.1 Å². The predicted octanol–water partition coefficient (Wildman–Crippen LogP) is 0.793. The summed E-state index contributed by atoms with van der Waals surface area (Å²) >= 11 is 0. The van der Waals surface area contributed by atoms with Crippen LogP contribution in [-0.4, -0.2) is 10.3 Å². The van der Waals surface area contributed by atoms with Gasteiger partial charge < -0.3 is 0 Å². The SMILES string of the molecule is O=c1c[n+](-c2cnc3ccccc3c2)[nH]o1. The number of benzene rings is 1. The van der Waals surface area contributed by atoms with Crippen LogP contribution in [0, 0.1) is 0 Å². The Morgan fingerprint density at radius 3 is 3.00 bits per heavy atom. The Bertz CT molecular complexity index is 699. The van der Waals surface area contributed by atoms with E-state index in [0.29, 0.717) is 0 Å². The average Bonchev–Trinajstić information content (AvgIpc) is 2.75. The lowest BCUT2D eigenvalue weighted by Gasteiger charge is -1.94. The van der Waals surface area contributed by atoms with Gasteiger partial charge in [0.1, 0.15) is 6.20 Å². The predicted molar refractivity (Wildman–Crippen MR) is 56.2 cm³/mol. The Balaban J connectivity index is 2.22. The number of H-pyrrole nitrogens is 1. The van der Waals surface area contributed by atoms with Gasteiger partial charge in [-0.3, -0.25) is 4.52 Å². The molecule has 16 heavy (non-hydrogen) atoms. The number of hydrogen-bond donors (Lipinski definition) is 1. The van der Waals surface area contributed by atoms with Crippen LogP contribution in [0.25, 0.3) is 16.6 Å². The summed E-state index contributed by atoms with van der Waals surface area (Å²) in [6, 6.07) is 9.69. The quantitative estimate of drug-likeness (QED) is 0.609. The van der Waals surface area contributed by atoms with Crippen LogP contribution in [0.3, 0.4) is 0 Å². The molecule has 0 saturated heterocycles. The smallest absolute Gasteiger partial charge is 0.283 e. The van der Waals surface area contributed by atoms with E-state index in [2.05, 4.69) is 14.8 Å². The molecule has 2 heterocycles. The van der Waals surface area contributed by atoms with Crippen molar-refractivity contribution < 1.29 is 9.20 Å². The highest BCUT2D eigenvalue weighted by Gasteiger charge is 2.11. The normalized spacial score (nSPS) is 10.8. The molecule has 0 amide bonds. The highest BCUT2D eigenvalue weighted by Crippen LogP contribution is 2.11. The minimum absolute atomic E-state index is 0.423. The topological polar surface area (TPSA) is 62.8 Å². The molecule has 0 atom stereocenters. The first-order valence-electron chi connectivity index (χ1n) is 4.78. The van der Waals surface area contributed by atoms with Crippen LogP contribution in [0.1, 0.15) is 0 Å². The zero-order chi connectivity index (χ0) is 11.0. The maximum absolute atomic E-state index is 10.9. The molecule has 0 fully saturated rings. The molecular weight excluding hydrogens is 206 g/mol. The van der Waals surface area contributed by atoms with Crippen LogP contribution in [0.15, 0.2) is 52.0 Å². The summed E-state index contributed by atoms with van der Waals surface area (Å²) in [6.45, 7) is 0. The zero-order valence-electron chi connectivity index (χ0n) is 8.25. The number of nitrogens with one attached hydrogen (secondary N) is 1. The van der Waals surface area contributed by atoms with Crippen LogP contribution in [-0.2, 0) is 0 Å². The van der Waals surface area contributed by atoms with Crippen molar-refractivity contribution in [2.45, 2.75) is 0 Å². The first kappa shape index (κ1) is 8.84. The van der Waals surface area contributed by atoms with Crippen molar-refractivity contribution in [2.75, 3.05) is 0 Å². The highest BCUT2D eigenvalue weighted by molar-refractivity contribution is 5.79. The van der Waals surface area contributed by atoms with Crippen molar-refractivity contribution in [2.24, 2.45) is 0 Å². The van der Waals surface area contributed by atoms with Crippen molar-refractivity contribution in [3.8, 4) is 5.69 Å². The molecule has 1 aromatic carbocycles. The number of fused-ring (bicyclic) bond motifs is 1. The van der Waals surface area contributed by atoms with Crippen LogP contribution in [0.4, 0.5) is 0 Å². The lowest BCUT2D eigenvalue weighted by atomic mass is 10.2. The molecule has 1 N–H and O–H groups in total. The fourth-order valence-corrected chi connectivity index (χ4v) is 1.57. The maximum atomic E-state index is 10.9. The number of rotatable bonds is 1. The van der Waals surface area contributed by atoms with Gasteiger partial charge in [0, 0.05) is 11.5 Å². The second kappa shape index (κ2) is 3.30. The summed E-state index contributed by atoms with van der Waals surface area (Å²) in [5.41, 5.74) is 1.25. The fraction of sp³-hybridized carbons (Fsp3) is 0. The lowest BCUT2D eigenvalue weighted by molar-refractivity contribution is -0.670. The molecule has 0 aliphatic rings. The molecule has 5 nitrogen and oxygen atoms in total. The Labute approximate surface area is 89.9 Å². The summed E-state index contributed by atoms with van der Waals surface area (Å²) in [7, 11) is 0. The van der Waals surface area contributed by atoms with Gasteiger partial charge in [0.2, 0.25) is 0 Å². The molecule has 0 spiro atoms. The number of aromatic nitrogens is 3. The fourth-order valence-electron chi connectivity index (χ4n) is 1.57. The third-order valence-electron chi connectivity index (χ3n) is 2.33. The second-order valence-electron chi connectivity index (χ2n) is 3.40. The summed E-state index contributed by atoms with van der Waals surface area (Å²) in [4.78, 5) is 15.2. The molecule has 0 radical (unpaired) electrons. The largest absolute Gasteiger partial charge is 0.427 e. The monoisotopic (exact) mass is 214 g/mol. The summed E-state index contributed by atoms with van der Waals surface area (Å²) in [6.07, 6.45) is 3.00. The molecular formula is C11H8N3O2+. The minimum atomic E-state index is -0.423. The number of aromatic amines is 1. The van der Waals surface area contributed by atoms with Crippen molar-refractivity contribution >= 4 is 10.9 Å². The molecule has 2 aromatic heterocycles. The molecule has 0 aliphatic heterocycles. The van der Waals surface area contributed by atoms with Crippen molar-refractivity contribution in [3.63, 3.8) is 0 Å². The summed E-state index contributed by atoms with van der Waals surface area (Å²) < 4.78 is 6.07. The number of nitrogens with zero attached hydrogens (tertiary/aromatic N) is 2. The highest BCUT2D eigenvalue weighted by atomic mass is 16.5. The van der Waals surface area contributed by atoms with Gasteiger partial charge in [-0.05, 0) is 16.0 Å². The Hall–Kier alpha value is -2.43. The van der Waals surface area contributed by atoms with Crippen LogP contribution < -0.4 is 10.3 Å². The zero-order valence-corrected chi connectivity index (χ0v) is 8.25. The van der Waals surface area contributed by atoms with Gasteiger partial charge in [0.05, 0.1) is 5.52 Å². The van der Waals surface area contributed by atoms with Gasteiger partial charge in [0.15, 0.2) is 0 Å². The first-order chi connectivity index (χ1) is 7.83. The van der Waals surface area contributed by atoms with E-state index in [1.165, 1.54) is 10.9 Å². The third kappa shape index (κ3) is 1.38. The van der Waals surface area contributed by atoms with Crippen molar-refractivity contribution in [1.82, 2.24) is 10.3 Å². The Kier molecular flexibility index (Phi) is 1.83. The Morgan fingerprint density at radius 2 is 2.19 bits per heavy atom. The van der Waals surface area contributed by atoms with Gasteiger partial charge in [0.25, 0.3) is 11.9 Å². The molecule has 0 saturated carbocycles. The van der Waals surface area contributed by atoms with E-state index in [4.69, 9.17) is 0 Å². The minimum Gasteiger partial charge on any atom is -0.283 e. The second-order valence-corrected chi connectivity index (χ2v) is 3.40. The molecule has 3 aromatic rings. The van der Waals surface area contributed by atoms with Crippen molar-refractivity contribution in [1.29, 1.82) is 0 Å². The molecule has 5 heteroatoms. The summed E-state index contributed by atoms with van der Waals surface area (Å²) in [5.74, 6) is 0.